The molecule has 1 rings (SSSR count). The van der Waals surface area contributed by atoms with Gasteiger partial charge in [0.15, 0.2) is 0 Å². The summed E-state index contributed by atoms with van der Waals surface area (Å²) in [6.45, 7) is 6.78. The van der Waals surface area contributed by atoms with Crippen LogP contribution in [-0.4, -0.2) is 31.8 Å². The van der Waals surface area contributed by atoms with Crippen LogP contribution in [0.5, 0.6) is 0 Å². The van der Waals surface area contributed by atoms with Crippen molar-refractivity contribution in [3.8, 4) is 0 Å². The van der Waals surface area contributed by atoms with Gasteiger partial charge in [-0.05, 0) is 18.9 Å². The zero-order valence-electron chi connectivity index (χ0n) is 10.3. The van der Waals surface area contributed by atoms with Gasteiger partial charge in [0.25, 0.3) is 0 Å². The van der Waals surface area contributed by atoms with Gasteiger partial charge in [-0.3, -0.25) is 0 Å². The largest absolute Gasteiger partial charge is 0.385 e. The highest BCUT2D eigenvalue weighted by Crippen LogP contribution is 2.12. The molecule has 2 N–H and O–H groups in total. The molecule has 0 amide bonds. The van der Waals surface area contributed by atoms with Crippen molar-refractivity contribution in [3.05, 3.63) is 18.3 Å². The number of aromatic nitrogens is 1. The van der Waals surface area contributed by atoms with Gasteiger partial charge in [-0.1, -0.05) is 6.92 Å². The molecule has 0 radical (unpaired) electrons. The van der Waals surface area contributed by atoms with Gasteiger partial charge in [0.2, 0.25) is 0 Å². The van der Waals surface area contributed by atoms with Crippen molar-refractivity contribution in [2.24, 2.45) is 5.92 Å². The smallest absolute Gasteiger partial charge is 0.127 e. The number of methoxy groups -OCH3 is 1. The van der Waals surface area contributed by atoms with Crippen LogP contribution in [0.25, 0.3) is 0 Å². The second-order valence-electron chi connectivity index (χ2n) is 3.90. The molecule has 0 aromatic carbocycles. The molecular weight excluding hydrogens is 202 g/mol. The van der Waals surface area contributed by atoms with E-state index in [9.17, 15) is 0 Å². The zero-order valence-corrected chi connectivity index (χ0v) is 10.3. The van der Waals surface area contributed by atoms with E-state index in [1.54, 1.807) is 13.3 Å². The van der Waals surface area contributed by atoms with Crippen molar-refractivity contribution in [1.29, 1.82) is 0 Å². The van der Waals surface area contributed by atoms with Crippen LogP contribution < -0.4 is 10.6 Å². The number of nitrogens with one attached hydrogen (secondary N) is 2. The van der Waals surface area contributed by atoms with Crippen molar-refractivity contribution in [3.63, 3.8) is 0 Å². The fourth-order valence-corrected chi connectivity index (χ4v) is 1.45. The first-order chi connectivity index (χ1) is 7.76. The van der Waals surface area contributed by atoms with Gasteiger partial charge in [-0.15, -0.1) is 0 Å². The average Bonchev–Trinajstić information content (AvgIpc) is 2.28. The molecule has 1 aromatic heterocycles. The number of ether oxygens (including phenoxy) is 1. The van der Waals surface area contributed by atoms with E-state index >= 15 is 0 Å². The second-order valence-corrected chi connectivity index (χ2v) is 3.90. The van der Waals surface area contributed by atoms with Crippen LogP contribution in [0.4, 0.5) is 11.5 Å². The van der Waals surface area contributed by atoms with Crippen molar-refractivity contribution < 1.29 is 4.74 Å². The first kappa shape index (κ1) is 12.8. The van der Waals surface area contributed by atoms with Gasteiger partial charge in [0.1, 0.15) is 5.82 Å². The Morgan fingerprint density at radius 1 is 1.44 bits per heavy atom. The normalized spacial score (nSPS) is 12.2. The fourth-order valence-electron chi connectivity index (χ4n) is 1.45. The van der Waals surface area contributed by atoms with Crippen LogP contribution in [0.1, 0.15) is 13.8 Å². The molecule has 1 heterocycles. The van der Waals surface area contributed by atoms with E-state index in [0.29, 0.717) is 5.92 Å². The standard InChI is InChI=1S/C12H21N3O/c1-4-13-12-7-11(5-6-14-12)15-8-10(2)9-16-3/h5-7,10H,4,8-9H2,1-3H3,(H2,13,14,15). The number of hydrogen-bond donors (Lipinski definition) is 2. The minimum Gasteiger partial charge on any atom is -0.385 e. The number of rotatable bonds is 7. The summed E-state index contributed by atoms with van der Waals surface area (Å²) in [5.41, 5.74) is 1.09. The molecule has 0 saturated heterocycles. The molecule has 0 spiro atoms. The summed E-state index contributed by atoms with van der Waals surface area (Å²) in [7, 11) is 1.73. The Morgan fingerprint density at radius 3 is 2.94 bits per heavy atom. The van der Waals surface area contributed by atoms with Crippen LogP contribution >= 0.6 is 0 Å². The lowest BCUT2D eigenvalue weighted by Crippen LogP contribution is -2.15. The van der Waals surface area contributed by atoms with E-state index in [1.807, 2.05) is 12.1 Å². The number of pyridine rings is 1. The summed E-state index contributed by atoms with van der Waals surface area (Å²) in [6.07, 6.45) is 1.81. The number of hydrogen-bond acceptors (Lipinski definition) is 4. The Bertz CT molecular complexity index is 304. The minimum absolute atomic E-state index is 0.501. The zero-order chi connectivity index (χ0) is 11.8. The van der Waals surface area contributed by atoms with Gasteiger partial charge in [-0.25, -0.2) is 4.98 Å². The highest BCUT2D eigenvalue weighted by Gasteiger charge is 2.01. The number of anilines is 2. The minimum atomic E-state index is 0.501. The van der Waals surface area contributed by atoms with Gasteiger partial charge in [-0.2, -0.15) is 0 Å². The van der Waals surface area contributed by atoms with Crippen LogP contribution in [-0.2, 0) is 4.74 Å². The molecular formula is C12H21N3O. The van der Waals surface area contributed by atoms with E-state index < -0.39 is 0 Å². The molecule has 90 valence electrons. The third-order valence-electron chi connectivity index (χ3n) is 2.22. The third kappa shape index (κ3) is 4.49. The molecule has 1 unspecified atom stereocenters. The molecule has 16 heavy (non-hydrogen) atoms. The van der Waals surface area contributed by atoms with Crippen molar-refractivity contribution in [1.82, 2.24) is 4.98 Å². The number of nitrogens with zero attached hydrogens (tertiary/aromatic N) is 1. The Kier molecular flexibility index (Phi) is 5.64. The molecule has 0 fully saturated rings. The predicted octanol–water partition coefficient (Wildman–Crippen LogP) is 2.21. The monoisotopic (exact) mass is 223 g/mol. The van der Waals surface area contributed by atoms with Gasteiger partial charge in [0.05, 0.1) is 6.61 Å². The van der Waals surface area contributed by atoms with E-state index in [0.717, 1.165) is 31.2 Å². The molecule has 0 aliphatic carbocycles. The summed E-state index contributed by atoms with van der Waals surface area (Å²) in [5, 5.41) is 6.55. The van der Waals surface area contributed by atoms with Gasteiger partial charge < -0.3 is 15.4 Å². The summed E-state index contributed by atoms with van der Waals surface area (Å²) in [5.74, 6) is 1.41. The van der Waals surface area contributed by atoms with E-state index in [1.165, 1.54) is 0 Å². The van der Waals surface area contributed by atoms with Crippen LogP contribution in [0.2, 0.25) is 0 Å². The van der Waals surface area contributed by atoms with Crippen LogP contribution in [0, 0.1) is 5.92 Å². The Hall–Kier alpha value is -1.29. The van der Waals surface area contributed by atoms with Crippen molar-refractivity contribution >= 4 is 11.5 Å². The second kappa shape index (κ2) is 7.06. The molecule has 4 nitrogen and oxygen atoms in total. The molecule has 1 aromatic rings. The highest BCUT2D eigenvalue weighted by molar-refractivity contribution is 5.51. The van der Waals surface area contributed by atoms with Crippen LogP contribution in [0.15, 0.2) is 18.3 Å². The quantitative estimate of drug-likeness (QED) is 0.744. The van der Waals surface area contributed by atoms with Crippen molar-refractivity contribution in [2.75, 3.05) is 37.4 Å². The highest BCUT2D eigenvalue weighted by atomic mass is 16.5. The van der Waals surface area contributed by atoms with E-state index in [4.69, 9.17) is 4.74 Å². The maximum Gasteiger partial charge on any atom is 0.127 e. The lowest BCUT2D eigenvalue weighted by atomic mass is 10.2. The first-order valence-corrected chi connectivity index (χ1v) is 5.69. The summed E-state index contributed by atoms with van der Waals surface area (Å²) in [6, 6.07) is 3.99. The average molecular weight is 223 g/mol. The Labute approximate surface area is 97.4 Å². The molecule has 0 bridgehead atoms. The molecule has 1 atom stereocenters. The molecule has 4 heteroatoms. The SMILES string of the molecule is CCNc1cc(NCC(C)COC)ccn1. The lowest BCUT2D eigenvalue weighted by Gasteiger charge is -2.13. The lowest BCUT2D eigenvalue weighted by molar-refractivity contribution is 0.164. The predicted molar refractivity (Wildman–Crippen MR) is 67.9 cm³/mol. The molecule has 0 aliphatic rings. The molecule has 0 saturated carbocycles. The fraction of sp³-hybridized carbons (Fsp3) is 0.583. The maximum atomic E-state index is 5.09. The van der Waals surface area contributed by atoms with E-state index in [-0.39, 0.29) is 0 Å². The van der Waals surface area contributed by atoms with Crippen molar-refractivity contribution in [2.45, 2.75) is 13.8 Å². The first-order valence-electron chi connectivity index (χ1n) is 5.69. The summed E-state index contributed by atoms with van der Waals surface area (Å²) < 4.78 is 5.09. The summed E-state index contributed by atoms with van der Waals surface area (Å²) >= 11 is 0. The summed E-state index contributed by atoms with van der Waals surface area (Å²) in [4.78, 5) is 4.22. The maximum absolute atomic E-state index is 5.09. The Balaban J connectivity index is 2.44. The van der Waals surface area contributed by atoms with Crippen LogP contribution in [0.3, 0.4) is 0 Å². The van der Waals surface area contributed by atoms with Gasteiger partial charge in [0, 0.05) is 38.1 Å². The molecule has 0 aliphatic heterocycles. The Morgan fingerprint density at radius 2 is 2.25 bits per heavy atom. The third-order valence-corrected chi connectivity index (χ3v) is 2.22. The van der Waals surface area contributed by atoms with E-state index in [2.05, 4.69) is 29.5 Å². The topological polar surface area (TPSA) is 46.2 Å². The van der Waals surface area contributed by atoms with Gasteiger partial charge >= 0.3 is 0 Å².